The molecule has 4 heteroatoms. The Kier molecular flexibility index (Phi) is 3.83. The van der Waals surface area contributed by atoms with E-state index in [0.717, 1.165) is 5.56 Å². The fourth-order valence-corrected chi connectivity index (χ4v) is 1.58. The van der Waals surface area contributed by atoms with Crippen LogP contribution >= 0.6 is 11.6 Å². The highest BCUT2D eigenvalue weighted by atomic mass is 35.5. The van der Waals surface area contributed by atoms with E-state index in [0.29, 0.717) is 5.56 Å². The summed E-state index contributed by atoms with van der Waals surface area (Å²) in [5.74, 6) is -0.612. The van der Waals surface area contributed by atoms with E-state index in [1.165, 1.54) is 12.2 Å². The average molecular weight is 254 g/mol. The predicted molar refractivity (Wildman–Crippen MR) is 70.0 cm³/mol. The molecule has 3 nitrogen and oxygen atoms in total. The van der Waals surface area contributed by atoms with Crippen LogP contribution in [0.5, 0.6) is 5.75 Å². The van der Waals surface area contributed by atoms with Crippen LogP contribution < -0.4 is 5.73 Å². The lowest BCUT2D eigenvalue weighted by molar-refractivity contribution is -0.113. The molecule has 92 valence electrons. The first-order chi connectivity index (χ1) is 7.71. The monoisotopic (exact) mass is 253 g/mol. The number of halogens is 1. The minimum Gasteiger partial charge on any atom is -0.506 e. The first-order valence-electron chi connectivity index (χ1n) is 5.22. The van der Waals surface area contributed by atoms with Crippen molar-refractivity contribution in [3.05, 3.63) is 34.4 Å². The van der Waals surface area contributed by atoms with Gasteiger partial charge in [-0.15, -0.1) is 0 Å². The minimum atomic E-state index is -0.568. The van der Waals surface area contributed by atoms with Crippen molar-refractivity contribution >= 4 is 23.6 Å². The van der Waals surface area contributed by atoms with Crippen LogP contribution in [0, 0.1) is 0 Å². The highest BCUT2D eigenvalue weighted by Crippen LogP contribution is 2.34. The Morgan fingerprint density at radius 1 is 1.41 bits per heavy atom. The summed E-state index contributed by atoms with van der Waals surface area (Å²) in [5, 5.41) is 10.0. The maximum Gasteiger partial charge on any atom is 0.241 e. The van der Waals surface area contributed by atoms with E-state index in [2.05, 4.69) is 0 Å². The maximum atomic E-state index is 10.7. The molecule has 0 atom stereocenters. The predicted octanol–water partition coefficient (Wildman–Crippen LogP) is 2.84. The molecule has 0 aliphatic carbocycles. The van der Waals surface area contributed by atoms with Crippen LogP contribution in [0.2, 0.25) is 5.02 Å². The molecule has 0 bridgehead atoms. The van der Waals surface area contributed by atoms with E-state index in [-0.39, 0.29) is 16.2 Å². The van der Waals surface area contributed by atoms with Gasteiger partial charge in [0, 0.05) is 11.6 Å². The number of phenols is 1. The number of hydrogen-bond acceptors (Lipinski definition) is 2. The van der Waals surface area contributed by atoms with Gasteiger partial charge in [-0.25, -0.2) is 0 Å². The summed E-state index contributed by atoms with van der Waals surface area (Å²) >= 11 is 5.94. The Bertz CT molecular complexity index is 473. The molecule has 0 fully saturated rings. The molecule has 1 amide bonds. The molecule has 0 saturated heterocycles. The van der Waals surface area contributed by atoms with Crippen LogP contribution in [0.25, 0.3) is 6.08 Å². The highest BCUT2D eigenvalue weighted by Gasteiger charge is 2.17. The van der Waals surface area contributed by atoms with E-state index in [1.54, 1.807) is 12.1 Å². The standard InChI is InChI=1S/C13H16ClNO2/c1-13(2,3)9-6-8(4-5-11(15)16)12(17)10(14)7-9/h4-7,17H,1-3H3,(H2,15,16)/b5-4+. The van der Waals surface area contributed by atoms with Gasteiger partial charge >= 0.3 is 0 Å². The third-order valence-electron chi connectivity index (χ3n) is 2.39. The van der Waals surface area contributed by atoms with Gasteiger partial charge in [0.2, 0.25) is 5.91 Å². The number of benzene rings is 1. The number of carbonyl (C=O) groups excluding carboxylic acids is 1. The molecule has 1 rings (SSSR count). The largest absolute Gasteiger partial charge is 0.506 e. The van der Waals surface area contributed by atoms with Crippen molar-refractivity contribution in [1.82, 2.24) is 0 Å². The van der Waals surface area contributed by atoms with Gasteiger partial charge in [0.15, 0.2) is 0 Å². The van der Waals surface area contributed by atoms with Gasteiger partial charge in [0.05, 0.1) is 5.02 Å². The molecule has 0 aliphatic heterocycles. The van der Waals surface area contributed by atoms with Crippen LogP contribution in [0.1, 0.15) is 31.9 Å². The summed E-state index contributed by atoms with van der Waals surface area (Å²) < 4.78 is 0. The highest BCUT2D eigenvalue weighted by molar-refractivity contribution is 6.32. The Labute approximate surface area is 106 Å². The molecule has 1 aromatic rings. The van der Waals surface area contributed by atoms with E-state index in [9.17, 15) is 9.90 Å². The number of nitrogens with two attached hydrogens (primary N) is 1. The van der Waals surface area contributed by atoms with Crippen molar-refractivity contribution < 1.29 is 9.90 Å². The second kappa shape index (κ2) is 4.80. The second-order valence-corrected chi connectivity index (χ2v) is 5.29. The van der Waals surface area contributed by atoms with E-state index < -0.39 is 5.91 Å². The van der Waals surface area contributed by atoms with Crippen LogP contribution in [-0.2, 0) is 10.2 Å². The smallest absolute Gasteiger partial charge is 0.241 e. The number of hydrogen-bond donors (Lipinski definition) is 2. The summed E-state index contributed by atoms with van der Waals surface area (Å²) in [7, 11) is 0. The molecule has 0 aliphatic rings. The number of primary amides is 1. The molecular weight excluding hydrogens is 238 g/mol. The number of amides is 1. The summed E-state index contributed by atoms with van der Waals surface area (Å²) in [6, 6.07) is 3.51. The zero-order valence-corrected chi connectivity index (χ0v) is 10.9. The van der Waals surface area contributed by atoms with Gasteiger partial charge < -0.3 is 10.8 Å². The van der Waals surface area contributed by atoms with Gasteiger partial charge in [-0.3, -0.25) is 4.79 Å². The van der Waals surface area contributed by atoms with Crippen molar-refractivity contribution in [2.24, 2.45) is 5.73 Å². The van der Waals surface area contributed by atoms with Crippen LogP contribution in [-0.4, -0.2) is 11.0 Å². The van der Waals surface area contributed by atoms with Crippen molar-refractivity contribution in [2.45, 2.75) is 26.2 Å². The normalized spacial score (nSPS) is 12.0. The summed E-state index contributed by atoms with van der Waals surface area (Å²) in [5.41, 5.74) is 6.38. The molecule has 0 unspecified atom stereocenters. The summed E-state index contributed by atoms with van der Waals surface area (Å²) in [6.45, 7) is 6.12. The first-order valence-corrected chi connectivity index (χ1v) is 5.60. The quantitative estimate of drug-likeness (QED) is 0.796. The van der Waals surface area contributed by atoms with Crippen molar-refractivity contribution in [2.75, 3.05) is 0 Å². The lowest BCUT2D eigenvalue weighted by Gasteiger charge is -2.20. The van der Waals surface area contributed by atoms with Gasteiger partial charge in [-0.05, 0) is 29.2 Å². The number of phenolic OH excluding ortho intramolecular Hbond substituents is 1. The molecule has 0 spiro atoms. The van der Waals surface area contributed by atoms with Gasteiger partial charge in [-0.2, -0.15) is 0 Å². The van der Waals surface area contributed by atoms with Gasteiger partial charge in [0.25, 0.3) is 0 Å². The molecule has 1 aromatic carbocycles. The van der Waals surface area contributed by atoms with E-state index in [1.807, 2.05) is 20.8 Å². The number of rotatable bonds is 2. The summed E-state index contributed by atoms with van der Waals surface area (Å²) in [4.78, 5) is 10.7. The lowest BCUT2D eigenvalue weighted by Crippen LogP contribution is -2.11. The Morgan fingerprint density at radius 2 is 2.00 bits per heavy atom. The van der Waals surface area contributed by atoms with E-state index in [4.69, 9.17) is 17.3 Å². The Morgan fingerprint density at radius 3 is 2.47 bits per heavy atom. The zero-order valence-electron chi connectivity index (χ0n) is 10.1. The SMILES string of the molecule is CC(C)(C)c1cc(Cl)c(O)c(/C=C/C(N)=O)c1. The van der Waals surface area contributed by atoms with Crippen LogP contribution in [0.4, 0.5) is 0 Å². The molecule has 0 radical (unpaired) electrons. The third-order valence-corrected chi connectivity index (χ3v) is 2.67. The fraction of sp³-hybridized carbons (Fsp3) is 0.308. The molecule has 0 aromatic heterocycles. The lowest BCUT2D eigenvalue weighted by atomic mass is 9.86. The van der Waals surface area contributed by atoms with E-state index >= 15 is 0 Å². The summed E-state index contributed by atoms with van der Waals surface area (Å²) in [6.07, 6.45) is 2.65. The topological polar surface area (TPSA) is 63.3 Å². The van der Waals surface area contributed by atoms with Crippen molar-refractivity contribution in [1.29, 1.82) is 0 Å². The molecule has 0 saturated carbocycles. The van der Waals surface area contributed by atoms with Gasteiger partial charge in [-0.1, -0.05) is 32.4 Å². The number of carbonyl (C=O) groups is 1. The molecule has 17 heavy (non-hydrogen) atoms. The van der Waals surface area contributed by atoms with Crippen molar-refractivity contribution in [3.8, 4) is 5.75 Å². The molecule has 0 heterocycles. The third kappa shape index (κ3) is 3.49. The van der Waals surface area contributed by atoms with Crippen LogP contribution in [0.3, 0.4) is 0 Å². The zero-order chi connectivity index (χ0) is 13.2. The fourth-order valence-electron chi connectivity index (χ4n) is 1.35. The molecular formula is C13H16ClNO2. The van der Waals surface area contributed by atoms with Gasteiger partial charge in [0.1, 0.15) is 5.75 Å². The molecule has 3 N–H and O–H groups in total. The average Bonchev–Trinajstić information content (AvgIpc) is 2.18. The second-order valence-electron chi connectivity index (χ2n) is 4.88. The Hall–Kier alpha value is -1.48. The van der Waals surface area contributed by atoms with Crippen LogP contribution in [0.15, 0.2) is 18.2 Å². The first kappa shape index (κ1) is 13.6. The number of aromatic hydroxyl groups is 1. The maximum absolute atomic E-state index is 10.7. The Balaban J connectivity index is 3.30. The van der Waals surface area contributed by atoms with Crippen molar-refractivity contribution in [3.63, 3.8) is 0 Å². The minimum absolute atomic E-state index is 0.0443.